The summed E-state index contributed by atoms with van der Waals surface area (Å²) in [6, 6.07) is 8.98. The molecule has 3 atom stereocenters. The van der Waals surface area contributed by atoms with E-state index in [0.29, 0.717) is 6.04 Å². The van der Waals surface area contributed by atoms with Crippen molar-refractivity contribution in [3.63, 3.8) is 0 Å². The van der Waals surface area contributed by atoms with E-state index in [1.165, 1.54) is 24.9 Å². The summed E-state index contributed by atoms with van der Waals surface area (Å²) in [6.45, 7) is 2.29. The van der Waals surface area contributed by atoms with E-state index in [0.717, 1.165) is 18.2 Å². The number of hydrogen-bond donors (Lipinski definition) is 0. The van der Waals surface area contributed by atoms with Crippen molar-refractivity contribution < 1.29 is 4.74 Å². The van der Waals surface area contributed by atoms with Gasteiger partial charge in [0.25, 0.3) is 0 Å². The number of rotatable bonds is 2. The average molecular weight is 266 g/mol. The quantitative estimate of drug-likeness (QED) is 0.760. The van der Waals surface area contributed by atoms with Crippen molar-refractivity contribution in [3.8, 4) is 5.75 Å². The molecule has 2 aliphatic heterocycles. The highest BCUT2D eigenvalue weighted by molar-refractivity contribution is 5.85. The summed E-state index contributed by atoms with van der Waals surface area (Å²) >= 11 is 0. The first-order valence-corrected chi connectivity index (χ1v) is 6.42. The summed E-state index contributed by atoms with van der Waals surface area (Å²) in [5.41, 5.74) is 1.35. The highest BCUT2D eigenvalue weighted by Gasteiger charge is 2.30. The van der Waals surface area contributed by atoms with Gasteiger partial charge in [0, 0.05) is 24.7 Å². The number of piperidine rings is 1. The van der Waals surface area contributed by atoms with Gasteiger partial charge in [-0.25, -0.2) is 0 Å². The molecule has 0 saturated carbocycles. The van der Waals surface area contributed by atoms with Gasteiger partial charge in [-0.2, -0.15) is 0 Å². The Balaban J connectivity index is 0.00000120. The van der Waals surface area contributed by atoms with E-state index in [2.05, 4.69) is 35.3 Å². The summed E-state index contributed by atoms with van der Waals surface area (Å²) in [5.74, 6) is 1.81. The molecule has 0 aromatic heterocycles. The van der Waals surface area contributed by atoms with Crippen LogP contribution in [0.15, 0.2) is 36.4 Å². The minimum absolute atomic E-state index is 0. The van der Waals surface area contributed by atoms with Crippen molar-refractivity contribution in [2.24, 2.45) is 5.92 Å². The fraction of sp³-hybridized carbons (Fsp3) is 0.467. The van der Waals surface area contributed by atoms with Crippen LogP contribution in [-0.2, 0) is 0 Å². The number of halogens is 1. The van der Waals surface area contributed by atoms with Crippen LogP contribution in [0.3, 0.4) is 0 Å². The van der Waals surface area contributed by atoms with E-state index >= 15 is 0 Å². The van der Waals surface area contributed by atoms with Gasteiger partial charge in [0.05, 0.1) is 7.11 Å². The monoisotopic (exact) mass is 265 g/mol. The molecule has 1 aromatic carbocycles. The van der Waals surface area contributed by atoms with Gasteiger partial charge in [0.1, 0.15) is 5.75 Å². The molecule has 2 nitrogen and oxygen atoms in total. The Morgan fingerprint density at radius 2 is 2.06 bits per heavy atom. The van der Waals surface area contributed by atoms with E-state index in [4.69, 9.17) is 4.74 Å². The van der Waals surface area contributed by atoms with Gasteiger partial charge in [-0.05, 0) is 24.8 Å². The van der Waals surface area contributed by atoms with Crippen molar-refractivity contribution >= 4 is 12.4 Å². The molecule has 2 bridgehead atoms. The first-order valence-electron chi connectivity index (χ1n) is 6.42. The van der Waals surface area contributed by atoms with Gasteiger partial charge >= 0.3 is 0 Å². The summed E-state index contributed by atoms with van der Waals surface area (Å²) in [7, 11) is 1.76. The van der Waals surface area contributed by atoms with Crippen molar-refractivity contribution in [2.45, 2.75) is 18.9 Å². The molecule has 2 aliphatic rings. The molecular weight excluding hydrogens is 246 g/mol. The lowest BCUT2D eigenvalue weighted by molar-refractivity contribution is 0.126. The maximum atomic E-state index is 5.49. The smallest absolute Gasteiger partial charge is 0.123 e. The largest absolute Gasteiger partial charge is 0.496 e. The zero-order valence-electron chi connectivity index (χ0n) is 10.7. The number of fused-ring (bicyclic) bond motifs is 2. The van der Waals surface area contributed by atoms with Crippen LogP contribution < -0.4 is 4.74 Å². The Morgan fingerprint density at radius 3 is 2.89 bits per heavy atom. The molecular formula is C15H20ClNO. The van der Waals surface area contributed by atoms with E-state index in [9.17, 15) is 0 Å². The Bertz CT molecular complexity index is 432. The Morgan fingerprint density at radius 1 is 1.22 bits per heavy atom. The van der Waals surface area contributed by atoms with Gasteiger partial charge in [-0.3, -0.25) is 4.90 Å². The number of hydrogen-bond acceptors (Lipinski definition) is 2. The molecule has 1 aromatic rings. The minimum Gasteiger partial charge on any atom is -0.496 e. The van der Waals surface area contributed by atoms with Crippen LogP contribution in [0.25, 0.3) is 0 Å². The first-order chi connectivity index (χ1) is 8.38. The summed E-state index contributed by atoms with van der Waals surface area (Å²) < 4.78 is 5.49. The second-order valence-corrected chi connectivity index (χ2v) is 4.98. The molecule has 1 saturated heterocycles. The van der Waals surface area contributed by atoms with Gasteiger partial charge in [-0.15, -0.1) is 12.4 Å². The Kier molecular flexibility index (Phi) is 4.31. The fourth-order valence-corrected chi connectivity index (χ4v) is 3.12. The third-order valence-corrected chi connectivity index (χ3v) is 3.97. The van der Waals surface area contributed by atoms with Gasteiger partial charge in [0.2, 0.25) is 0 Å². The molecule has 3 unspecified atom stereocenters. The molecule has 3 rings (SSSR count). The summed E-state index contributed by atoms with van der Waals surface area (Å²) in [4.78, 5) is 2.58. The molecule has 0 radical (unpaired) electrons. The third-order valence-electron chi connectivity index (χ3n) is 3.97. The van der Waals surface area contributed by atoms with E-state index in [1.54, 1.807) is 7.11 Å². The van der Waals surface area contributed by atoms with Crippen LogP contribution >= 0.6 is 12.4 Å². The van der Waals surface area contributed by atoms with Crippen molar-refractivity contribution in [2.75, 3.05) is 20.2 Å². The molecule has 98 valence electrons. The molecule has 18 heavy (non-hydrogen) atoms. The Hall–Kier alpha value is -0.990. The molecule has 0 N–H and O–H groups in total. The molecule has 3 heteroatoms. The molecule has 2 heterocycles. The van der Waals surface area contributed by atoms with Crippen LogP contribution in [0, 0.1) is 5.92 Å². The number of benzene rings is 1. The lowest BCUT2D eigenvalue weighted by Gasteiger charge is -2.41. The van der Waals surface area contributed by atoms with Crippen molar-refractivity contribution in [3.05, 3.63) is 42.0 Å². The fourth-order valence-electron chi connectivity index (χ4n) is 3.12. The van der Waals surface area contributed by atoms with Gasteiger partial charge in [0.15, 0.2) is 0 Å². The highest BCUT2D eigenvalue weighted by Crippen LogP contribution is 2.39. The maximum absolute atomic E-state index is 5.49. The topological polar surface area (TPSA) is 12.5 Å². The zero-order valence-corrected chi connectivity index (χ0v) is 11.5. The van der Waals surface area contributed by atoms with Crippen molar-refractivity contribution in [1.29, 1.82) is 0 Å². The van der Waals surface area contributed by atoms with Crippen molar-refractivity contribution in [1.82, 2.24) is 4.90 Å². The highest BCUT2D eigenvalue weighted by atomic mass is 35.5. The second-order valence-electron chi connectivity index (χ2n) is 4.98. The normalized spacial score (nSPS) is 29.5. The van der Waals surface area contributed by atoms with Crippen LogP contribution in [-0.4, -0.2) is 25.1 Å². The predicted octanol–water partition coefficient (Wildman–Crippen LogP) is 3.44. The molecule has 0 aliphatic carbocycles. The lowest BCUT2D eigenvalue weighted by Crippen LogP contribution is -2.40. The van der Waals surface area contributed by atoms with E-state index in [-0.39, 0.29) is 12.4 Å². The SMILES string of the molecule is COc1ccccc1C1CCC2C=CCN1C2.Cl. The number of methoxy groups -OCH3 is 1. The molecule has 0 spiro atoms. The average Bonchev–Trinajstić information content (AvgIpc) is 2.39. The minimum atomic E-state index is 0. The molecule has 1 fully saturated rings. The van der Waals surface area contributed by atoms with Gasteiger partial charge < -0.3 is 4.74 Å². The molecule has 0 amide bonds. The Labute approximate surface area is 115 Å². The van der Waals surface area contributed by atoms with Crippen LogP contribution in [0.2, 0.25) is 0 Å². The van der Waals surface area contributed by atoms with Crippen LogP contribution in [0.4, 0.5) is 0 Å². The number of ether oxygens (including phenoxy) is 1. The maximum Gasteiger partial charge on any atom is 0.123 e. The number of nitrogens with zero attached hydrogens (tertiary/aromatic N) is 1. The number of para-hydroxylation sites is 1. The first kappa shape index (κ1) is 13.4. The third kappa shape index (κ3) is 2.40. The summed E-state index contributed by atoms with van der Waals surface area (Å²) in [5, 5.41) is 0. The zero-order chi connectivity index (χ0) is 11.7. The second kappa shape index (κ2) is 5.77. The standard InChI is InChI=1S/C15H19NO.ClH/c1-17-15-7-3-2-6-13(15)14-9-8-12-5-4-10-16(14)11-12;/h2-7,12,14H,8-11H2,1H3;1H. The van der Waals surface area contributed by atoms with Crippen LogP contribution in [0.1, 0.15) is 24.4 Å². The van der Waals surface area contributed by atoms with Crippen LogP contribution in [0.5, 0.6) is 5.75 Å². The van der Waals surface area contributed by atoms with E-state index < -0.39 is 0 Å². The summed E-state index contributed by atoms with van der Waals surface area (Å²) in [6.07, 6.45) is 7.25. The van der Waals surface area contributed by atoms with Gasteiger partial charge in [-0.1, -0.05) is 30.4 Å². The predicted molar refractivity (Wildman–Crippen MR) is 76.4 cm³/mol. The van der Waals surface area contributed by atoms with E-state index in [1.807, 2.05) is 6.07 Å². The lowest BCUT2D eigenvalue weighted by atomic mass is 9.86.